The van der Waals surface area contributed by atoms with E-state index in [1.807, 2.05) is 0 Å². The van der Waals surface area contributed by atoms with Crippen molar-refractivity contribution in [3.63, 3.8) is 0 Å². The lowest BCUT2D eigenvalue weighted by Gasteiger charge is -2.38. The SMILES string of the molecule is CC(=O)CN1C(=O)c2c(ncn2[C@@H](C)C(=O)Nc2csc(-c3cnc(N4CCC[C@H]4C(F)(F)F)nc3)n2)N(C)C1O. The van der Waals surface area contributed by atoms with Gasteiger partial charge < -0.3 is 24.8 Å². The number of thiazole rings is 1. The number of rotatable bonds is 7. The number of hydrogen-bond acceptors (Lipinski definition) is 11. The number of hydrogen-bond donors (Lipinski definition) is 2. The summed E-state index contributed by atoms with van der Waals surface area (Å²) in [5.74, 6) is -1.11. The van der Waals surface area contributed by atoms with Crippen molar-refractivity contribution in [2.45, 2.75) is 51.3 Å². The normalized spacial score (nSPS) is 19.9. The first-order valence-electron chi connectivity index (χ1n) is 12.6. The number of nitrogens with one attached hydrogen (secondary N) is 1. The summed E-state index contributed by atoms with van der Waals surface area (Å²) in [6.07, 6.45) is -1.28. The molecule has 2 amide bonds. The number of carbonyl (C=O) groups is 3. The Balaban J connectivity index is 1.29. The molecular weight excluding hydrogens is 567 g/mol. The topological polar surface area (TPSA) is 150 Å². The Morgan fingerprint density at radius 1 is 1.24 bits per heavy atom. The van der Waals surface area contributed by atoms with Crippen molar-refractivity contribution < 1.29 is 32.7 Å². The zero-order valence-corrected chi connectivity index (χ0v) is 23.0. The Labute approximate surface area is 235 Å². The summed E-state index contributed by atoms with van der Waals surface area (Å²) < 4.78 is 41.3. The van der Waals surface area contributed by atoms with Gasteiger partial charge in [-0.1, -0.05) is 0 Å². The van der Waals surface area contributed by atoms with E-state index >= 15 is 0 Å². The second kappa shape index (κ2) is 10.7. The average molecular weight is 594 g/mol. The molecule has 0 saturated carbocycles. The Kier molecular flexibility index (Phi) is 7.41. The van der Waals surface area contributed by atoms with Crippen molar-refractivity contribution in [1.82, 2.24) is 29.4 Å². The van der Waals surface area contributed by atoms with Gasteiger partial charge in [-0.25, -0.2) is 19.9 Å². The molecule has 3 aromatic heterocycles. The number of carbonyl (C=O) groups excluding carboxylic acids is 3. The molecule has 5 rings (SSSR count). The van der Waals surface area contributed by atoms with Crippen LogP contribution in [0.1, 0.15) is 43.2 Å². The molecule has 5 heterocycles. The lowest BCUT2D eigenvalue weighted by molar-refractivity contribution is -0.146. The maximum atomic E-state index is 13.3. The molecule has 1 fully saturated rings. The third-order valence-electron chi connectivity index (χ3n) is 6.91. The highest BCUT2D eigenvalue weighted by molar-refractivity contribution is 7.13. The van der Waals surface area contributed by atoms with Gasteiger partial charge in [-0.2, -0.15) is 13.2 Å². The van der Waals surface area contributed by atoms with Crippen LogP contribution >= 0.6 is 11.3 Å². The molecule has 2 aliphatic rings. The van der Waals surface area contributed by atoms with Crippen LogP contribution in [0.4, 0.5) is 30.8 Å². The monoisotopic (exact) mass is 593 g/mol. The van der Waals surface area contributed by atoms with Crippen LogP contribution in [0.15, 0.2) is 24.1 Å². The molecule has 1 unspecified atom stereocenters. The number of ketones is 1. The number of Topliss-reactive ketones (excluding diaryl/α,β-unsaturated/α-hetero) is 1. The van der Waals surface area contributed by atoms with Crippen LogP contribution in [-0.2, 0) is 9.59 Å². The van der Waals surface area contributed by atoms with Gasteiger partial charge in [-0.15, -0.1) is 11.3 Å². The van der Waals surface area contributed by atoms with E-state index in [1.54, 1.807) is 12.3 Å². The van der Waals surface area contributed by atoms with E-state index in [0.717, 1.165) is 9.80 Å². The second-order valence-corrected chi connectivity index (χ2v) is 10.6. The minimum absolute atomic E-state index is 0.00602. The fourth-order valence-corrected chi connectivity index (χ4v) is 5.54. The smallest absolute Gasteiger partial charge is 0.356 e. The van der Waals surface area contributed by atoms with Crippen LogP contribution < -0.4 is 15.1 Å². The molecule has 3 atom stereocenters. The van der Waals surface area contributed by atoms with Crippen molar-refractivity contribution in [3.05, 3.63) is 29.8 Å². The minimum Gasteiger partial charge on any atom is -0.356 e. The van der Waals surface area contributed by atoms with Crippen LogP contribution in [0.2, 0.25) is 0 Å². The second-order valence-electron chi connectivity index (χ2n) is 9.78. The Morgan fingerprint density at radius 2 is 1.95 bits per heavy atom. The van der Waals surface area contributed by atoms with Gasteiger partial charge in [0.2, 0.25) is 18.2 Å². The molecule has 0 aromatic carbocycles. The molecule has 3 aromatic rings. The number of alkyl halides is 3. The van der Waals surface area contributed by atoms with Gasteiger partial charge in [0, 0.05) is 36.9 Å². The number of halogens is 3. The van der Waals surface area contributed by atoms with Crippen molar-refractivity contribution in [2.24, 2.45) is 0 Å². The van der Waals surface area contributed by atoms with E-state index in [1.165, 1.54) is 53.5 Å². The number of aliphatic hydroxyl groups excluding tert-OH is 1. The Morgan fingerprint density at radius 3 is 2.61 bits per heavy atom. The van der Waals surface area contributed by atoms with Crippen LogP contribution in [0.25, 0.3) is 10.6 Å². The number of anilines is 3. The van der Waals surface area contributed by atoms with Crippen LogP contribution in [0, 0.1) is 0 Å². The molecule has 0 bridgehead atoms. The third-order valence-corrected chi connectivity index (χ3v) is 7.81. The summed E-state index contributed by atoms with van der Waals surface area (Å²) in [6.45, 7) is 2.74. The van der Waals surface area contributed by atoms with E-state index in [4.69, 9.17) is 0 Å². The van der Waals surface area contributed by atoms with Gasteiger partial charge in [0.05, 0.1) is 12.9 Å². The Hall–Kier alpha value is -4.12. The maximum absolute atomic E-state index is 13.3. The lowest BCUT2D eigenvalue weighted by atomic mass is 10.2. The molecule has 2 N–H and O–H groups in total. The van der Waals surface area contributed by atoms with E-state index in [9.17, 15) is 32.7 Å². The summed E-state index contributed by atoms with van der Waals surface area (Å²) in [5.41, 5.74) is 0.514. The fourth-order valence-electron chi connectivity index (χ4n) is 4.81. The molecule has 0 aliphatic carbocycles. The number of fused-ring (bicyclic) bond motifs is 1. The predicted molar refractivity (Wildman–Crippen MR) is 141 cm³/mol. The van der Waals surface area contributed by atoms with Gasteiger partial charge in [0.25, 0.3) is 5.91 Å². The molecule has 13 nitrogen and oxygen atoms in total. The van der Waals surface area contributed by atoms with Gasteiger partial charge in [0.1, 0.15) is 28.7 Å². The zero-order chi connectivity index (χ0) is 29.6. The summed E-state index contributed by atoms with van der Waals surface area (Å²) in [4.78, 5) is 58.1. The molecular formula is C24H26F3N9O4S. The number of imidazole rings is 1. The minimum atomic E-state index is -4.37. The van der Waals surface area contributed by atoms with E-state index in [-0.39, 0.29) is 48.6 Å². The van der Waals surface area contributed by atoms with Gasteiger partial charge in [-0.3, -0.25) is 19.3 Å². The molecule has 1 saturated heterocycles. The zero-order valence-electron chi connectivity index (χ0n) is 22.2. The molecule has 218 valence electrons. The van der Waals surface area contributed by atoms with Crippen molar-refractivity contribution in [2.75, 3.05) is 35.3 Å². The summed E-state index contributed by atoms with van der Waals surface area (Å²) in [7, 11) is 1.51. The number of aliphatic hydroxyl groups is 1. The highest BCUT2D eigenvalue weighted by Gasteiger charge is 2.47. The van der Waals surface area contributed by atoms with E-state index in [2.05, 4.69) is 25.3 Å². The number of amides is 2. The first-order valence-corrected chi connectivity index (χ1v) is 13.4. The molecule has 41 heavy (non-hydrogen) atoms. The first-order chi connectivity index (χ1) is 19.4. The summed E-state index contributed by atoms with van der Waals surface area (Å²) in [5, 5.41) is 15.2. The largest absolute Gasteiger partial charge is 0.408 e. The van der Waals surface area contributed by atoms with Crippen LogP contribution in [0.5, 0.6) is 0 Å². The maximum Gasteiger partial charge on any atom is 0.408 e. The van der Waals surface area contributed by atoms with E-state index < -0.39 is 36.4 Å². The molecule has 0 radical (unpaired) electrons. The van der Waals surface area contributed by atoms with Gasteiger partial charge in [-0.05, 0) is 26.7 Å². The molecule has 2 aliphatic heterocycles. The van der Waals surface area contributed by atoms with Crippen molar-refractivity contribution >= 4 is 46.5 Å². The van der Waals surface area contributed by atoms with E-state index in [0.29, 0.717) is 17.0 Å². The third kappa shape index (κ3) is 5.33. The molecule has 17 heteroatoms. The fraction of sp³-hybridized carbons (Fsp3) is 0.458. The van der Waals surface area contributed by atoms with Crippen LogP contribution in [0.3, 0.4) is 0 Å². The highest BCUT2D eigenvalue weighted by Crippen LogP contribution is 2.35. The number of aromatic nitrogens is 5. The quantitative estimate of drug-likeness (QED) is 0.418. The standard InChI is InChI=1S/C24H26F3N9O4S/c1-12(37)9-35-21(39)17-18(33(3)23(35)40)30-11-36(17)13(2)19(38)31-16-10-41-20(32-16)14-7-28-22(29-8-14)34-6-4-5-15(34)24(25,26)27/h7-8,10-11,13,15,23,40H,4-6,9H2,1-3H3,(H,31,38)/t13-,15-,23?/m0/s1. The first kappa shape index (κ1) is 28.4. The summed E-state index contributed by atoms with van der Waals surface area (Å²) >= 11 is 1.18. The van der Waals surface area contributed by atoms with Crippen molar-refractivity contribution in [1.29, 1.82) is 0 Å². The van der Waals surface area contributed by atoms with Gasteiger partial charge in [0.15, 0.2) is 11.5 Å². The number of nitrogens with zero attached hydrogens (tertiary/aromatic N) is 8. The highest BCUT2D eigenvalue weighted by atomic mass is 32.1. The Bertz CT molecular complexity index is 1480. The van der Waals surface area contributed by atoms with Gasteiger partial charge >= 0.3 is 6.18 Å². The molecule has 0 spiro atoms. The average Bonchev–Trinajstić information content (AvgIpc) is 3.69. The predicted octanol–water partition coefficient (Wildman–Crippen LogP) is 2.28. The summed E-state index contributed by atoms with van der Waals surface area (Å²) in [6, 6.07) is -2.54. The lowest BCUT2D eigenvalue weighted by Crippen LogP contribution is -2.55. The van der Waals surface area contributed by atoms with Crippen molar-refractivity contribution in [3.8, 4) is 10.6 Å². The van der Waals surface area contributed by atoms with Crippen LogP contribution in [-0.4, -0.2) is 90.8 Å².